The number of hydrogen-bond donors (Lipinski definition) is 2. The Hall–Kier alpha value is -2.29. The van der Waals surface area contributed by atoms with Crippen LogP contribution in [0.2, 0.25) is 0 Å². The summed E-state index contributed by atoms with van der Waals surface area (Å²) >= 11 is 0. The minimum atomic E-state index is -0.881. The molecule has 0 aliphatic heterocycles. The van der Waals surface area contributed by atoms with Crippen LogP contribution in [-0.4, -0.2) is 11.1 Å². The molecule has 0 amide bonds. The maximum atomic E-state index is 11.4. The minimum Gasteiger partial charge on any atom is -0.479 e. The average molecular weight is 255 g/mol. The van der Waals surface area contributed by atoms with Gasteiger partial charge in [0, 0.05) is 5.69 Å². The Balaban J connectivity index is 2.24. The topological polar surface area (TPSA) is 49.3 Å². The van der Waals surface area contributed by atoms with Crippen LogP contribution in [-0.2, 0) is 11.2 Å². The Morgan fingerprint density at radius 2 is 1.89 bits per heavy atom. The largest absolute Gasteiger partial charge is 0.479 e. The monoisotopic (exact) mass is 255 g/mol. The Labute approximate surface area is 112 Å². The summed E-state index contributed by atoms with van der Waals surface area (Å²) in [5.41, 5.74) is 2.76. The van der Waals surface area contributed by atoms with E-state index in [2.05, 4.69) is 12.2 Å². The second-order valence-corrected chi connectivity index (χ2v) is 4.38. The third-order valence-electron chi connectivity index (χ3n) is 3.03. The highest BCUT2D eigenvalue weighted by atomic mass is 16.4. The van der Waals surface area contributed by atoms with Gasteiger partial charge in [0.05, 0.1) is 0 Å². The van der Waals surface area contributed by atoms with E-state index in [1.807, 2.05) is 54.6 Å². The predicted molar refractivity (Wildman–Crippen MR) is 76.3 cm³/mol. The first-order valence-corrected chi connectivity index (χ1v) is 6.34. The molecule has 1 atom stereocenters. The van der Waals surface area contributed by atoms with Gasteiger partial charge in [0.2, 0.25) is 0 Å². The van der Waals surface area contributed by atoms with Gasteiger partial charge in [-0.3, -0.25) is 0 Å². The van der Waals surface area contributed by atoms with Gasteiger partial charge in [-0.15, -0.1) is 0 Å². The van der Waals surface area contributed by atoms with Crippen molar-refractivity contribution in [2.45, 2.75) is 19.4 Å². The summed E-state index contributed by atoms with van der Waals surface area (Å²) in [6, 6.07) is 16.3. The molecule has 0 fully saturated rings. The third-order valence-corrected chi connectivity index (χ3v) is 3.03. The normalized spacial score (nSPS) is 11.8. The van der Waals surface area contributed by atoms with Gasteiger partial charge < -0.3 is 10.4 Å². The fourth-order valence-corrected chi connectivity index (χ4v) is 1.98. The van der Waals surface area contributed by atoms with Crippen LogP contribution in [0.3, 0.4) is 0 Å². The zero-order valence-corrected chi connectivity index (χ0v) is 10.8. The number of carboxylic acids is 1. The first kappa shape index (κ1) is 13.1. The van der Waals surface area contributed by atoms with Gasteiger partial charge in [0.25, 0.3) is 0 Å². The van der Waals surface area contributed by atoms with Gasteiger partial charge in [0.1, 0.15) is 0 Å². The molecule has 0 radical (unpaired) electrons. The molecule has 2 aromatic carbocycles. The SMILES string of the molecule is CCc1cccc(NC(C(=O)O)c2ccccc2)c1. The molecule has 0 saturated carbocycles. The Kier molecular flexibility index (Phi) is 4.18. The Morgan fingerprint density at radius 3 is 2.53 bits per heavy atom. The molecule has 3 nitrogen and oxygen atoms in total. The van der Waals surface area contributed by atoms with Crippen LogP contribution in [0.15, 0.2) is 54.6 Å². The van der Waals surface area contributed by atoms with E-state index >= 15 is 0 Å². The number of rotatable bonds is 5. The molecular weight excluding hydrogens is 238 g/mol. The fourth-order valence-electron chi connectivity index (χ4n) is 1.98. The maximum absolute atomic E-state index is 11.4. The Morgan fingerprint density at radius 1 is 1.16 bits per heavy atom. The fraction of sp³-hybridized carbons (Fsp3) is 0.188. The number of aliphatic carboxylic acids is 1. The van der Waals surface area contributed by atoms with Crippen LogP contribution >= 0.6 is 0 Å². The van der Waals surface area contributed by atoms with Gasteiger partial charge in [-0.05, 0) is 29.7 Å². The summed E-state index contributed by atoms with van der Waals surface area (Å²) < 4.78 is 0. The number of benzene rings is 2. The summed E-state index contributed by atoms with van der Waals surface area (Å²) in [4.78, 5) is 11.4. The van der Waals surface area contributed by atoms with Crippen molar-refractivity contribution in [3.8, 4) is 0 Å². The summed E-state index contributed by atoms with van der Waals surface area (Å²) in [5, 5.41) is 12.4. The van der Waals surface area contributed by atoms with Crippen LogP contribution in [0.1, 0.15) is 24.1 Å². The Bertz CT molecular complexity index is 552. The first-order chi connectivity index (χ1) is 9.20. The molecule has 2 rings (SSSR count). The number of carboxylic acid groups (broad SMARTS) is 1. The van der Waals surface area contributed by atoms with Gasteiger partial charge in [-0.1, -0.05) is 49.4 Å². The van der Waals surface area contributed by atoms with E-state index in [0.29, 0.717) is 0 Å². The van der Waals surface area contributed by atoms with Crippen LogP contribution in [0.4, 0.5) is 5.69 Å². The van der Waals surface area contributed by atoms with E-state index in [1.54, 1.807) is 0 Å². The average Bonchev–Trinajstić information content (AvgIpc) is 2.45. The quantitative estimate of drug-likeness (QED) is 0.859. The van der Waals surface area contributed by atoms with Crippen molar-refractivity contribution in [1.29, 1.82) is 0 Å². The van der Waals surface area contributed by atoms with Gasteiger partial charge in [0.15, 0.2) is 6.04 Å². The molecule has 2 aromatic rings. The summed E-state index contributed by atoms with van der Waals surface area (Å²) in [5.74, 6) is -0.881. The number of anilines is 1. The van der Waals surface area contributed by atoms with Crippen LogP contribution in [0.25, 0.3) is 0 Å². The second kappa shape index (κ2) is 6.05. The summed E-state index contributed by atoms with van der Waals surface area (Å²) in [6.45, 7) is 2.07. The molecule has 0 aliphatic carbocycles. The zero-order chi connectivity index (χ0) is 13.7. The van der Waals surface area contributed by atoms with Gasteiger partial charge >= 0.3 is 5.97 Å². The van der Waals surface area contributed by atoms with Gasteiger partial charge in [-0.2, -0.15) is 0 Å². The summed E-state index contributed by atoms with van der Waals surface area (Å²) in [7, 11) is 0. The molecular formula is C16H17NO2. The van der Waals surface area contributed by atoms with Crippen molar-refractivity contribution in [1.82, 2.24) is 0 Å². The number of aryl methyl sites for hydroxylation is 1. The van der Waals surface area contributed by atoms with Crippen molar-refractivity contribution < 1.29 is 9.90 Å². The lowest BCUT2D eigenvalue weighted by atomic mass is 10.1. The van der Waals surface area contributed by atoms with Crippen molar-refractivity contribution in [2.24, 2.45) is 0 Å². The van der Waals surface area contributed by atoms with Crippen LogP contribution < -0.4 is 5.32 Å². The molecule has 3 heteroatoms. The molecule has 19 heavy (non-hydrogen) atoms. The summed E-state index contributed by atoms with van der Waals surface area (Å²) in [6.07, 6.45) is 0.929. The maximum Gasteiger partial charge on any atom is 0.330 e. The second-order valence-electron chi connectivity index (χ2n) is 4.38. The van der Waals surface area contributed by atoms with E-state index in [1.165, 1.54) is 5.56 Å². The molecule has 2 N–H and O–H groups in total. The molecule has 98 valence electrons. The minimum absolute atomic E-state index is 0.728. The van der Waals surface area contributed by atoms with Crippen LogP contribution in [0, 0.1) is 0 Å². The first-order valence-electron chi connectivity index (χ1n) is 6.34. The van der Waals surface area contributed by atoms with Crippen LogP contribution in [0.5, 0.6) is 0 Å². The third kappa shape index (κ3) is 3.35. The van der Waals surface area contributed by atoms with E-state index in [4.69, 9.17) is 0 Å². The molecule has 0 heterocycles. The molecule has 0 spiro atoms. The molecule has 0 aliphatic rings. The lowest BCUT2D eigenvalue weighted by molar-refractivity contribution is -0.138. The molecule has 0 aromatic heterocycles. The number of hydrogen-bond acceptors (Lipinski definition) is 2. The van der Waals surface area contributed by atoms with Crippen molar-refractivity contribution in [2.75, 3.05) is 5.32 Å². The highest BCUT2D eigenvalue weighted by Crippen LogP contribution is 2.20. The molecule has 0 bridgehead atoms. The van der Waals surface area contributed by atoms with E-state index < -0.39 is 12.0 Å². The van der Waals surface area contributed by atoms with E-state index in [0.717, 1.165) is 17.7 Å². The van der Waals surface area contributed by atoms with Crippen molar-refractivity contribution in [3.05, 3.63) is 65.7 Å². The lowest BCUT2D eigenvalue weighted by Crippen LogP contribution is -2.20. The zero-order valence-electron chi connectivity index (χ0n) is 10.8. The predicted octanol–water partition coefficient (Wildman–Crippen LogP) is 3.49. The van der Waals surface area contributed by atoms with Crippen molar-refractivity contribution >= 4 is 11.7 Å². The standard InChI is InChI=1S/C16H17NO2/c1-2-12-7-6-10-14(11-12)17-15(16(18)19)13-8-4-3-5-9-13/h3-11,15,17H,2H2,1H3,(H,18,19). The van der Waals surface area contributed by atoms with E-state index in [-0.39, 0.29) is 0 Å². The molecule has 1 unspecified atom stereocenters. The van der Waals surface area contributed by atoms with Gasteiger partial charge in [-0.25, -0.2) is 4.79 Å². The van der Waals surface area contributed by atoms with E-state index in [9.17, 15) is 9.90 Å². The van der Waals surface area contributed by atoms with Crippen molar-refractivity contribution in [3.63, 3.8) is 0 Å². The highest BCUT2D eigenvalue weighted by Gasteiger charge is 2.19. The number of carbonyl (C=O) groups is 1. The smallest absolute Gasteiger partial charge is 0.330 e. The lowest BCUT2D eigenvalue weighted by Gasteiger charge is -2.16. The molecule has 0 saturated heterocycles. The number of nitrogens with one attached hydrogen (secondary N) is 1. The highest BCUT2D eigenvalue weighted by molar-refractivity contribution is 5.79.